The summed E-state index contributed by atoms with van der Waals surface area (Å²) in [5.74, 6) is 1.85. The maximum Gasteiger partial charge on any atom is 0.134 e. The number of fused-ring (bicyclic) bond motifs is 1. The molecule has 0 saturated heterocycles. The lowest BCUT2D eigenvalue weighted by molar-refractivity contribution is 0.415. The van der Waals surface area contributed by atoms with E-state index in [1.54, 1.807) is 0 Å². The standard InChI is InChI=1S/C12H11BrO/c1-9(13)11-8-4-6-10-5-2-3-7-12(10)14-11/h2-9H,1H3. The van der Waals surface area contributed by atoms with Crippen molar-refractivity contribution < 1.29 is 4.74 Å². The van der Waals surface area contributed by atoms with Gasteiger partial charge in [0.1, 0.15) is 11.5 Å². The van der Waals surface area contributed by atoms with Crippen molar-refractivity contribution in [3.05, 3.63) is 47.7 Å². The number of benzene rings is 1. The van der Waals surface area contributed by atoms with Crippen LogP contribution < -0.4 is 4.74 Å². The highest BCUT2D eigenvalue weighted by atomic mass is 79.9. The molecule has 1 aromatic rings. The van der Waals surface area contributed by atoms with Gasteiger partial charge < -0.3 is 4.74 Å². The Hall–Kier alpha value is -1.02. The molecule has 0 amide bonds. The molecule has 1 unspecified atom stereocenters. The Morgan fingerprint density at radius 3 is 2.86 bits per heavy atom. The summed E-state index contributed by atoms with van der Waals surface area (Å²) in [7, 11) is 0. The van der Waals surface area contributed by atoms with Crippen molar-refractivity contribution in [2.24, 2.45) is 0 Å². The molecule has 1 aliphatic heterocycles. The fraction of sp³-hybridized carbons (Fsp3) is 0.167. The Labute approximate surface area is 92.2 Å². The fourth-order valence-corrected chi connectivity index (χ4v) is 1.58. The highest BCUT2D eigenvalue weighted by molar-refractivity contribution is 9.09. The lowest BCUT2D eigenvalue weighted by Gasteiger charge is -2.11. The van der Waals surface area contributed by atoms with Crippen molar-refractivity contribution in [2.75, 3.05) is 0 Å². The zero-order chi connectivity index (χ0) is 9.97. The Morgan fingerprint density at radius 2 is 2.07 bits per heavy atom. The highest BCUT2D eigenvalue weighted by Crippen LogP contribution is 2.26. The van der Waals surface area contributed by atoms with Gasteiger partial charge in [-0.15, -0.1) is 0 Å². The summed E-state index contributed by atoms with van der Waals surface area (Å²) < 4.78 is 5.77. The van der Waals surface area contributed by atoms with Gasteiger partial charge in [0.2, 0.25) is 0 Å². The molecule has 0 N–H and O–H groups in total. The van der Waals surface area contributed by atoms with Crippen LogP contribution in [0.5, 0.6) is 5.75 Å². The topological polar surface area (TPSA) is 9.23 Å². The maximum atomic E-state index is 5.77. The summed E-state index contributed by atoms with van der Waals surface area (Å²) in [5.41, 5.74) is 1.12. The van der Waals surface area contributed by atoms with Crippen LogP contribution in [0.25, 0.3) is 6.08 Å². The van der Waals surface area contributed by atoms with E-state index in [1.165, 1.54) is 0 Å². The number of ether oxygens (including phenoxy) is 1. The number of hydrogen-bond acceptors (Lipinski definition) is 1. The second-order valence-corrected chi connectivity index (χ2v) is 4.56. The molecule has 0 bridgehead atoms. The second-order valence-electron chi connectivity index (χ2n) is 3.18. The summed E-state index contributed by atoms with van der Waals surface area (Å²) >= 11 is 3.50. The van der Waals surface area contributed by atoms with E-state index in [9.17, 15) is 0 Å². The van der Waals surface area contributed by atoms with Crippen LogP contribution in [0.4, 0.5) is 0 Å². The van der Waals surface area contributed by atoms with E-state index in [-0.39, 0.29) is 4.83 Å². The third-order valence-corrected chi connectivity index (χ3v) is 2.53. The minimum Gasteiger partial charge on any atom is -0.460 e. The normalized spacial score (nSPS) is 16.3. The predicted octanol–water partition coefficient (Wildman–Crippen LogP) is 3.76. The van der Waals surface area contributed by atoms with Crippen LogP contribution in [-0.4, -0.2) is 4.83 Å². The van der Waals surface area contributed by atoms with Gasteiger partial charge in [-0.2, -0.15) is 0 Å². The molecule has 0 saturated carbocycles. The van der Waals surface area contributed by atoms with E-state index >= 15 is 0 Å². The number of allylic oxidation sites excluding steroid dienone is 3. The molecule has 1 heterocycles. The average molecular weight is 251 g/mol. The quantitative estimate of drug-likeness (QED) is 0.690. The second kappa shape index (κ2) is 4.01. The number of hydrogen-bond donors (Lipinski definition) is 0. The average Bonchev–Trinajstić information content (AvgIpc) is 2.39. The van der Waals surface area contributed by atoms with E-state index in [0.717, 1.165) is 17.1 Å². The van der Waals surface area contributed by atoms with Crippen LogP contribution in [0, 0.1) is 0 Å². The third kappa shape index (κ3) is 1.90. The molecule has 14 heavy (non-hydrogen) atoms. The van der Waals surface area contributed by atoms with Crippen molar-refractivity contribution in [1.82, 2.24) is 0 Å². The molecule has 0 radical (unpaired) electrons. The Bertz CT molecular complexity index is 391. The van der Waals surface area contributed by atoms with Crippen LogP contribution >= 0.6 is 15.9 Å². The zero-order valence-electron chi connectivity index (χ0n) is 7.91. The molecule has 1 aliphatic rings. The van der Waals surface area contributed by atoms with Gasteiger partial charge in [-0.3, -0.25) is 0 Å². The summed E-state index contributed by atoms with van der Waals surface area (Å²) in [6.07, 6.45) is 6.05. The summed E-state index contributed by atoms with van der Waals surface area (Å²) in [5, 5.41) is 0. The summed E-state index contributed by atoms with van der Waals surface area (Å²) in [6, 6.07) is 8.01. The van der Waals surface area contributed by atoms with Crippen LogP contribution in [0.1, 0.15) is 12.5 Å². The first kappa shape index (κ1) is 9.53. The van der Waals surface area contributed by atoms with Crippen molar-refractivity contribution in [1.29, 1.82) is 0 Å². The Balaban J connectivity index is 2.38. The van der Waals surface area contributed by atoms with Gasteiger partial charge in [0, 0.05) is 5.56 Å². The highest BCUT2D eigenvalue weighted by Gasteiger charge is 2.10. The van der Waals surface area contributed by atoms with Crippen LogP contribution in [-0.2, 0) is 0 Å². The minimum atomic E-state index is 0.235. The van der Waals surface area contributed by atoms with E-state index < -0.39 is 0 Å². The molecule has 1 aromatic carbocycles. The van der Waals surface area contributed by atoms with Gasteiger partial charge in [-0.25, -0.2) is 0 Å². The first-order valence-corrected chi connectivity index (χ1v) is 5.48. The monoisotopic (exact) mass is 250 g/mol. The molecule has 0 fully saturated rings. The van der Waals surface area contributed by atoms with Crippen molar-refractivity contribution in [2.45, 2.75) is 11.8 Å². The van der Waals surface area contributed by atoms with E-state index in [1.807, 2.05) is 43.3 Å². The van der Waals surface area contributed by atoms with Gasteiger partial charge in [0.15, 0.2) is 0 Å². The van der Waals surface area contributed by atoms with E-state index in [0.29, 0.717) is 0 Å². The molecule has 1 nitrogen and oxygen atoms in total. The molecular weight excluding hydrogens is 240 g/mol. The molecule has 2 heteroatoms. The van der Waals surface area contributed by atoms with Crippen molar-refractivity contribution in [3.8, 4) is 5.75 Å². The van der Waals surface area contributed by atoms with Gasteiger partial charge in [0.25, 0.3) is 0 Å². The molecule has 1 atom stereocenters. The number of rotatable bonds is 1. The number of alkyl halides is 1. The number of halogens is 1. The first-order valence-electron chi connectivity index (χ1n) is 4.56. The molecular formula is C12H11BrO. The van der Waals surface area contributed by atoms with Crippen molar-refractivity contribution in [3.63, 3.8) is 0 Å². The third-order valence-electron chi connectivity index (χ3n) is 2.08. The minimum absolute atomic E-state index is 0.235. The molecule has 0 spiro atoms. The smallest absolute Gasteiger partial charge is 0.134 e. The van der Waals surface area contributed by atoms with Gasteiger partial charge >= 0.3 is 0 Å². The SMILES string of the molecule is CC(Br)C1=CC=Cc2ccccc2O1. The van der Waals surface area contributed by atoms with E-state index in [2.05, 4.69) is 22.0 Å². The fourth-order valence-electron chi connectivity index (χ4n) is 1.33. The zero-order valence-corrected chi connectivity index (χ0v) is 9.49. The van der Waals surface area contributed by atoms with Gasteiger partial charge in [-0.1, -0.05) is 46.3 Å². The van der Waals surface area contributed by atoms with Crippen LogP contribution in [0.2, 0.25) is 0 Å². The van der Waals surface area contributed by atoms with Crippen LogP contribution in [0.3, 0.4) is 0 Å². The predicted molar refractivity (Wildman–Crippen MR) is 62.6 cm³/mol. The lowest BCUT2D eigenvalue weighted by Crippen LogP contribution is -2.04. The van der Waals surface area contributed by atoms with Crippen molar-refractivity contribution >= 4 is 22.0 Å². The molecule has 0 aromatic heterocycles. The summed E-state index contributed by atoms with van der Waals surface area (Å²) in [6.45, 7) is 2.05. The molecule has 0 aliphatic carbocycles. The maximum absolute atomic E-state index is 5.77. The van der Waals surface area contributed by atoms with Crippen LogP contribution in [0.15, 0.2) is 42.2 Å². The Morgan fingerprint density at radius 1 is 1.29 bits per heavy atom. The largest absolute Gasteiger partial charge is 0.460 e. The number of para-hydroxylation sites is 1. The molecule has 72 valence electrons. The Kier molecular flexibility index (Phi) is 2.73. The van der Waals surface area contributed by atoms with E-state index in [4.69, 9.17) is 4.74 Å². The first-order chi connectivity index (χ1) is 6.77. The van der Waals surface area contributed by atoms with Gasteiger partial charge in [-0.05, 0) is 19.1 Å². The van der Waals surface area contributed by atoms with Gasteiger partial charge in [0.05, 0.1) is 4.83 Å². The molecule has 2 rings (SSSR count). The lowest BCUT2D eigenvalue weighted by atomic mass is 10.2. The summed E-state index contributed by atoms with van der Waals surface area (Å²) in [4.78, 5) is 0.235.